The molecule has 6 nitrogen and oxygen atoms in total. The van der Waals surface area contributed by atoms with Crippen molar-refractivity contribution in [1.29, 1.82) is 5.26 Å². The molecule has 0 amide bonds. The molecule has 1 saturated heterocycles. The Bertz CT molecular complexity index is 903. The molecule has 3 heterocycles. The Labute approximate surface area is 153 Å². The number of rotatable bonds is 5. The van der Waals surface area contributed by atoms with Gasteiger partial charge in [-0.25, -0.2) is 4.98 Å². The normalized spacial score (nSPS) is 15.8. The van der Waals surface area contributed by atoms with Gasteiger partial charge in [0, 0.05) is 31.5 Å². The number of imidazole rings is 1. The second kappa shape index (κ2) is 7.54. The number of anilines is 1. The van der Waals surface area contributed by atoms with E-state index in [1.54, 1.807) is 6.20 Å². The molecule has 0 unspecified atom stereocenters. The molecule has 0 radical (unpaired) electrons. The highest BCUT2D eigenvalue weighted by Gasteiger charge is 2.21. The van der Waals surface area contributed by atoms with Crippen molar-refractivity contribution >= 4 is 17.0 Å². The van der Waals surface area contributed by atoms with Crippen LogP contribution in [0.3, 0.4) is 0 Å². The van der Waals surface area contributed by atoms with Gasteiger partial charge in [-0.2, -0.15) is 5.26 Å². The average Bonchev–Trinajstić information content (AvgIpc) is 3.02. The topological polar surface area (TPSA) is 69.8 Å². The molecule has 1 aromatic carbocycles. The number of pyridine rings is 1. The van der Waals surface area contributed by atoms with Crippen LogP contribution in [0.5, 0.6) is 0 Å². The molecule has 3 aromatic rings. The highest BCUT2D eigenvalue weighted by molar-refractivity contribution is 5.78. The maximum absolute atomic E-state index is 8.85. The van der Waals surface area contributed by atoms with Gasteiger partial charge in [0.2, 0.25) is 5.95 Å². The lowest BCUT2D eigenvalue weighted by Crippen LogP contribution is -2.39. The molecule has 4 rings (SSSR count). The van der Waals surface area contributed by atoms with Crippen LogP contribution in [0.25, 0.3) is 11.0 Å². The lowest BCUT2D eigenvalue weighted by Gasteiger charge is -2.31. The summed E-state index contributed by atoms with van der Waals surface area (Å²) in [4.78, 5) is 11.3. The molecular formula is C20H22N6. The number of hydrogen-bond acceptors (Lipinski definition) is 5. The summed E-state index contributed by atoms with van der Waals surface area (Å²) in [5, 5.41) is 12.5. The van der Waals surface area contributed by atoms with Crippen molar-refractivity contribution in [1.82, 2.24) is 19.4 Å². The number of hydrogen-bond donors (Lipinski definition) is 1. The van der Waals surface area contributed by atoms with Gasteiger partial charge in [-0.1, -0.05) is 18.2 Å². The number of nitrogens with one attached hydrogen (secondary N) is 1. The SMILES string of the molecule is N#CCN1CCC(Nc2nc3ccccc3n2Cc2cccnc2)CC1. The Morgan fingerprint density at radius 3 is 2.77 bits per heavy atom. The van der Waals surface area contributed by atoms with Crippen LogP contribution in [0.1, 0.15) is 18.4 Å². The minimum atomic E-state index is 0.384. The van der Waals surface area contributed by atoms with E-state index < -0.39 is 0 Å². The number of nitriles is 1. The molecule has 0 aliphatic carbocycles. The summed E-state index contributed by atoms with van der Waals surface area (Å²) >= 11 is 0. The third kappa shape index (κ3) is 3.53. The van der Waals surface area contributed by atoms with E-state index in [4.69, 9.17) is 10.2 Å². The number of nitrogens with zero attached hydrogens (tertiary/aromatic N) is 5. The first-order chi connectivity index (χ1) is 12.8. The first-order valence-electron chi connectivity index (χ1n) is 9.03. The summed E-state index contributed by atoms with van der Waals surface area (Å²) in [6.45, 7) is 3.17. The smallest absolute Gasteiger partial charge is 0.204 e. The van der Waals surface area contributed by atoms with Gasteiger partial charge in [-0.05, 0) is 36.6 Å². The van der Waals surface area contributed by atoms with Gasteiger partial charge in [0.1, 0.15) is 0 Å². The zero-order chi connectivity index (χ0) is 17.8. The zero-order valence-corrected chi connectivity index (χ0v) is 14.7. The first-order valence-corrected chi connectivity index (χ1v) is 9.03. The van der Waals surface area contributed by atoms with E-state index in [9.17, 15) is 0 Å². The van der Waals surface area contributed by atoms with Gasteiger partial charge in [0.25, 0.3) is 0 Å². The molecule has 0 atom stereocenters. The molecule has 1 fully saturated rings. The minimum absolute atomic E-state index is 0.384. The minimum Gasteiger partial charge on any atom is -0.353 e. The van der Waals surface area contributed by atoms with Gasteiger partial charge in [-0.15, -0.1) is 0 Å². The van der Waals surface area contributed by atoms with E-state index in [1.165, 1.54) is 0 Å². The van der Waals surface area contributed by atoms with Crippen molar-refractivity contribution in [2.45, 2.75) is 25.4 Å². The molecule has 0 saturated carbocycles. The molecule has 2 aromatic heterocycles. The van der Waals surface area contributed by atoms with Crippen LogP contribution >= 0.6 is 0 Å². The summed E-state index contributed by atoms with van der Waals surface area (Å²) in [5.41, 5.74) is 3.28. The quantitative estimate of drug-likeness (QED) is 0.720. The predicted molar refractivity (Wildman–Crippen MR) is 102 cm³/mol. The highest BCUT2D eigenvalue weighted by atomic mass is 15.2. The van der Waals surface area contributed by atoms with Crippen molar-refractivity contribution in [3.8, 4) is 6.07 Å². The van der Waals surface area contributed by atoms with Gasteiger partial charge in [0.15, 0.2) is 0 Å². The van der Waals surface area contributed by atoms with E-state index >= 15 is 0 Å². The van der Waals surface area contributed by atoms with Crippen LogP contribution in [0.15, 0.2) is 48.8 Å². The Hall–Kier alpha value is -2.91. The predicted octanol–water partition coefficient (Wildman–Crippen LogP) is 2.88. The van der Waals surface area contributed by atoms with Gasteiger partial charge >= 0.3 is 0 Å². The van der Waals surface area contributed by atoms with Crippen molar-refractivity contribution in [2.24, 2.45) is 0 Å². The van der Waals surface area contributed by atoms with Crippen molar-refractivity contribution in [3.05, 3.63) is 54.4 Å². The van der Waals surface area contributed by atoms with Crippen LogP contribution in [-0.4, -0.2) is 45.1 Å². The molecule has 1 aliphatic rings. The van der Waals surface area contributed by atoms with Crippen LogP contribution in [0.4, 0.5) is 5.95 Å². The van der Waals surface area contributed by atoms with Crippen molar-refractivity contribution in [2.75, 3.05) is 25.0 Å². The second-order valence-electron chi connectivity index (χ2n) is 6.72. The number of fused-ring (bicyclic) bond motifs is 1. The summed E-state index contributed by atoms with van der Waals surface area (Å²) in [6, 6.07) is 14.9. The fourth-order valence-corrected chi connectivity index (χ4v) is 3.54. The van der Waals surface area contributed by atoms with Crippen LogP contribution in [0, 0.1) is 11.3 Å². The zero-order valence-electron chi connectivity index (χ0n) is 14.7. The van der Waals surface area contributed by atoms with E-state index in [0.29, 0.717) is 12.6 Å². The van der Waals surface area contributed by atoms with E-state index in [-0.39, 0.29) is 0 Å². The third-order valence-corrected chi connectivity index (χ3v) is 4.93. The Morgan fingerprint density at radius 2 is 2.00 bits per heavy atom. The lowest BCUT2D eigenvalue weighted by molar-refractivity contribution is 0.242. The Morgan fingerprint density at radius 1 is 1.15 bits per heavy atom. The molecule has 132 valence electrons. The fraction of sp³-hybridized carbons (Fsp3) is 0.350. The molecule has 0 bridgehead atoms. The lowest BCUT2D eigenvalue weighted by atomic mass is 10.1. The third-order valence-electron chi connectivity index (χ3n) is 4.93. The summed E-state index contributed by atoms with van der Waals surface area (Å²) in [7, 11) is 0. The number of benzene rings is 1. The van der Waals surface area contributed by atoms with E-state index in [2.05, 4.69) is 44.0 Å². The second-order valence-corrected chi connectivity index (χ2v) is 6.72. The van der Waals surface area contributed by atoms with Crippen molar-refractivity contribution < 1.29 is 0 Å². The van der Waals surface area contributed by atoms with Crippen molar-refractivity contribution in [3.63, 3.8) is 0 Å². The molecule has 1 N–H and O–H groups in total. The maximum Gasteiger partial charge on any atom is 0.204 e. The molecule has 1 aliphatic heterocycles. The standard InChI is InChI=1S/C20H22N6/c21-9-13-25-11-7-17(8-12-25)23-20-24-18-5-1-2-6-19(18)26(20)15-16-4-3-10-22-14-16/h1-6,10,14,17H,7-8,11-13,15H2,(H,23,24). The molecule has 6 heteroatoms. The van der Waals surface area contributed by atoms with Gasteiger partial charge in [0.05, 0.1) is 30.2 Å². The fourth-order valence-electron chi connectivity index (χ4n) is 3.54. The number of para-hydroxylation sites is 2. The maximum atomic E-state index is 8.85. The van der Waals surface area contributed by atoms with Crippen LogP contribution in [0.2, 0.25) is 0 Å². The van der Waals surface area contributed by atoms with E-state index in [1.807, 2.05) is 24.4 Å². The summed E-state index contributed by atoms with van der Waals surface area (Å²) < 4.78 is 2.23. The number of aromatic nitrogens is 3. The molecule has 0 spiro atoms. The van der Waals surface area contributed by atoms with Crippen LogP contribution < -0.4 is 5.32 Å². The largest absolute Gasteiger partial charge is 0.353 e. The summed E-state index contributed by atoms with van der Waals surface area (Å²) in [5.74, 6) is 0.911. The average molecular weight is 346 g/mol. The van der Waals surface area contributed by atoms with E-state index in [0.717, 1.165) is 55.0 Å². The first kappa shape index (κ1) is 16.6. The van der Waals surface area contributed by atoms with Gasteiger partial charge < -0.3 is 9.88 Å². The monoisotopic (exact) mass is 346 g/mol. The van der Waals surface area contributed by atoms with Crippen LogP contribution in [-0.2, 0) is 6.54 Å². The molecular weight excluding hydrogens is 324 g/mol. The Kier molecular flexibility index (Phi) is 4.80. The highest BCUT2D eigenvalue weighted by Crippen LogP contribution is 2.23. The Balaban J connectivity index is 1.57. The number of piperidine rings is 1. The summed E-state index contributed by atoms with van der Waals surface area (Å²) in [6.07, 6.45) is 5.75. The van der Waals surface area contributed by atoms with Gasteiger partial charge in [-0.3, -0.25) is 9.88 Å². The number of likely N-dealkylation sites (tertiary alicyclic amines) is 1. The molecule has 26 heavy (non-hydrogen) atoms.